The molecule has 0 aromatic heterocycles. The molecule has 0 radical (unpaired) electrons. The van der Waals surface area contributed by atoms with Crippen molar-refractivity contribution in [2.45, 2.75) is 19.8 Å². The molecule has 1 aliphatic carbocycles. The van der Waals surface area contributed by atoms with E-state index in [0.717, 1.165) is 17.5 Å². The summed E-state index contributed by atoms with van der Waals surface area (Å²) in [6, 6.07) is 17.1. The fourth-order valence-electron chi connectivity index (χ4n) is 2.07. The van der Waals surface area contributed by atoms with Crippen LogP contribution in [0, 0.1) is 0 Å². The molecule has 0 bridgehead atoms. The third kappa shape index (κ3) is 11.6. The number of hydrogen-bond acceptors (Lipinski definition) is 2. The number of carbonyl (C=O) groups is 2. The third-order valence-electron chi connectivity index (χ3n) is 3.12. The van der Waals surface area contributed by atoms with Crippen molar-refractivity contribution in [2.24, 2.45) is 0 Å². The number of ketones is 2. The van der Waals surface area contributed by atoms with Gasteiger partial charge in [-0.1, -0.05) is 54.6 Å². The molecule has 0 aliphatic heterocycles. The molecule has 0 fully saturated rings. The van der Waals surface area contributed by atoms with Crippen LogP contribution in [0.5, 0.6) is 0 Å². The first-order valence-electron chi connectivity index (χ1n) is 7.36. The summed E-state index contributed by atoms with van der Waals surface area (Å²) < 4.78 is 0. The fourth-order valence-corrected chi connectivity index (χ4v) is 2.07. The molecule has 0 spiro atoms. The van der Waals surface area contributed by atoms with Crippen molar-refractivity contribution in [1.29, 1.82) is 0 Å². The first-order valence-corrected chi connectivity index (χ1v) is 20.9. The molecule has 0 heterocycles. The van der Waals surface area contributed by atoms with E-state index in [0.29, 0.717) is 12.2 Å². The van der Waals surface area contributed by atoms with Crippen molar-refractivity contribution >= 4 is 71.5 Å². The Balaban J connectivity index is 0.000000356. The van der Waals surface area contributed by atoms with Gasteiger partial charge in [0.1, 0.15) is 0 Å². The average Bonchev–Trinajstić information content (AvgIpc) is 2.99. The second-order valence-electron chi connectivity index (χ2n) is 4.69. The van der Waals surface area contributed by atoms with Crippen molar-refractivity contribution in [3.63, 3.8) is 0 Å². The second-order valence-corrected chi connectivity index (χ2v) is 40.1. The predicted molar refractivity (Wildman–Crippen MR) is 129 cm³/mol. The van der Waals surface area contributed by atoms with Crippen molar-refractivity contribution in [3.8, 4) is 0 Å². The topological polar surface area (TPSA) is 34.1 Å². The molecule has 2 nitrogen and oxygen atoms in total. The summed E-state index contributed by atoms with van der Waals surface area (Å²) >= 11 is 7.39. The molecule has 0 N–H and O–H groups in total. The van der Waals surface area contributed by atoms with Gasteiger partial charge in [-0.25, -0.2) is 0 Å². The summed E-state index contributed by atoms with van der Waals surface area (Å²) in [7, 11) is 0. The van der Waals surface area contributed by atoms with Gasteiger partial charge < -0.3 is 0 Å². The van der Waals surface area contributed by atoms with Gasteiger partial charge in [-0.2, -0.15) is 0 Å². The second kappa shape index (κ2) is 15.4. The molecule has 0 saturated heterocycles. The molecule has 0 unspecified atom stereocenters. The van der Waals surface area contributed by atoms with Gasteiger partial charge in [-0.15, -0.1) is 13.2 Å². The Labute approximate surface area is 187 Å². The molecule has 0 saturated carbocycles. The van der Waals surface area contributed by atoms with Crippen molar-refractivity contribution in [1.82, 2.24) is 0 Å². The molecule has 3 rings (SSSR count). The number of rotatable bonds is 1. The quantitative estimate of drug-likeness (QED) is 0.179. The Bertz CT molecular complexity index is 658. The SMILES string of the molecule is C=C.CC(=O)c1ccccc1.O=C1CCc2ccccc21.[I][V]([I])[I]. The summed E-state index contributed by atoms with van der Waals surface area (Å²) in [6.45, 7) is 7.56. The van der Waals surface area contributed by atoms with Crippen molar-refractivity contribution in [2.75, 3.05) is 0 Å². The molecule has 6 heteroatoms. The Hall–Kier alpha value is 0.294. The summed E-state index contributed by atoms with van der Waals surface area (Å²) in [6.07, 6.45) is 1.65. The number of Topliss-reactive ketones (excluding diaryl/α,β-unsaturated/α-hetero) is 2. The Morgan fingerprint density at radius 3 is 1.84 bits per heavy atom. The van der Waals surface area contributed by atoms with Crippen LogP contribution in [0.1, 0.15) is 39.6 Å². The van der Waals surface area contributed by atoms with Gasteiger partial charge in [0.05, 0.1) is 0 Å². The van der Waals surface area contributed by atoms with Crippen LogP contribution in [-0.2, 0) is 11.3 Å². The van der Waals surface area contributed by atoms with Crippen molar-refractivity contribution < 1.29 is 14.5 Å². The van der Waals surface area contributed by atoms with Crippen LogP contribution in [-0.4, -0.2) is 11.6 Å². The number of halogens is 3. The van der Waals surface area contributed by atoms with Crippen LogP contribution in [0.15, 0.2) is 67.8 Å². The van der Waals surface area contributed by atoms with E-state index >= 15 is 0 Å². The molecule has 25 heavy (non-hydrogen) atoms. The van der Waals surface area contributed by atoms with Crippen LogP contribution >= 0.6 is 59.9 Å². The van der Waals surface area contributed by atoms with Crippen LogP contribution < -0.4 is 0 Å². The van der Waals surface area contributed by atoms with Gasteiger partial charge in [-0.05, 0) is 18.9 Å². The summed E-state index contributed by atoms with van der Waals surface area (Å²) in [5.74, 6) is 0.422. The minimum atomic E-state index is -0.278. The molecule has 2 aromatic rings. The normalized spacial score (nSPS) is 11.0. The van der Waals surface area contributed by atoms with Gasteiger partial charge in [0, 0.05) is 17.5 Å². The standard InChI is InChI=1S/C9H8O.C8H8O.C2H4.3HI.V/c10-9-6-5-7-3-1-2-4-8(7)9;1-7(9)8-5-3-2-4-6-8;1-2;;;;/h1-4H,5-6H2;2-6H,1H3;1-2H2;3*1H;/q;;;;;;+3/p-3. The maximum atomic E-state index is 11.1. The van der Waals surface area contributed by atoms with Crippen LogP contribution in [0.4, 0.5) is 0 Å². The number of carbonyl (C=O) groups excluding carboxylic acids is 2. The first-order chi connectivity index (χ1) is 11.9. The Kier molecular flexibility index (Phi) is 15.5. The number of aryl methyl sites for hydroxylation is 1. The zero-order valence-electron chi connectivity index (χ0n) is 13.9. The number of fused-ring (bicyclic) bond motifs is 1. The maximum absolute atomic E-state index is 11.1. The molecular formula is C19H20I3O2V. The van der Waals surface area contributed by atoms with E-state index in [9.17, 15) is 9.59 Å². The number of benzene rings is 2. The molecule has 0 atom stereocenters. The van der Waals surface area contributed by atoms with Gasteiger partial charge in [0.15, 0.2) is 11.6 Å². The molecule has 134 valence electrons. The van der Waals surface area contributed by atoms with Crippen LogP contribution in [0.25, 0.3) is 0 Å². The van der Waals surface area contributed by atoms with E-state index in [1.165, 1.54) is 5.56 Å². The first kappa shape index (κ1) is 25.3. The van der Waals surface area contributed by atoms with E-state index in [1.807, 2.05) is 54.6 Å². The van der Waals surface area contributed by atoms with Crippen LogP contribution in [0.2, 0.25) is 0 Å². The average molecular weight is 712 g/mol. The molecular weight excluding hydrogens is 692 g/mol. The van der Waals surface area contributed by atoms with Gasteiger partial charge in [0.2, 0.25) is 0 Å². The van der Waals surface area contributed by atoms with E-state index in [-0.39, 0.29) is 10.7 Å². The zero-order chi connectivity index (χ0) is 19.2. The summed E-state index contributed by atoms with van der Waals surface area (Å²) in [5, 5.41) is 0. The van der Waals surface area contributed by atoms with Crippen LogP contribution in [0.3, 0.4) is 0 Å². The predicted octanol–water partition coefficient (Wildman–Crippen LogP) is 7.16. The zero-order valence-corrected chi connectivity index (χ0v) is 21.8. The molecule has 2 aromatic carbocycles. The fraction of sp³-hybridized carbons (Fsp3) is 0.158. The Morgan fingerprint density at radius 2 is 1.40 bits per heavy atom. The van der Waals surface area contributed by atoms with Gasteiger partial charge in [0.25, 0.3) is 0 Å². The molecule has 1 aliphatic rings. The molecule has 0 amide bonds. The number of hydrogen-bond donors (Lipinski definition) is 0. The summed E-state index contributed by atoms with van der Waals surface area (Å²) in [4.78, 5) is 21.4. The van der Waals surface area contributed by atoms with Gasteiger partial charge in [-0.3, -0.25) is 9.59 Å². The minimum absolute atomic E-state index is 0.121. The van der Waals surface area contributed by atoms with E-state index in [1.54, 1.807) is 6.92 Å². The van der Waals surface area contributed by atoms with Gasteiger partial charge >= 0.3 is 64.9 Å². The van der Waals surface area contributed by atoms with E-state index in [4.69, 9.17) is 0 Å². The third-order valence-corrected chi connectivity index (χ3v) is 3.12. The van der Waals surface area contributed by atoms with E-state index in [2.05, 4.69) is 73.1 Å². The summed E-state index contributed by atoms with van der Waals surface area (Å²) in [5.41, 5.74) is 2.92. The van der Waals surface area contributed by atoms with E-state index < -0.39 is 0 Å². The monoisotopic (exact) mass is 712 g/mol. The van der Waals surface area contributed by atoms with Crippen molar-refractivity contribution in [3.05, 3.63) is 84.4 Å². The Morgan fingerprint density at radius 1 is 0.920 bits per heavy atom.